The molecule has 2 rings (SSSR count). The van der Waals surface area contributed by atoms with Gasteiger partial charge in [-0.2, -0.15) is 13.2 Å². The molecule has 0 aromatic heterocycles. The Balaban J connectivity index is 2.02. The molecule has 0 spiro atoms. The number of nitrogens with one attached hydrogen (secondary N) is 1. The van der Waals surface area contributed by atoms with Crippen LogP contribution in [0.2, 0.25) is 0 Å². The van der Waals surface area contributed by atoms with Gasteiger partial charge in [0.15, 0.2) is 0 Å². The van der Waals surface area contributed by atoms with Crippen LogP contribution in [0.4, 0.5) is 18.9 Å². The van der Waals surface area contributed by atoms with E-state index in [4.69, 9.17) is 0 Å². The van der Waals surface area contributed by atoms with Gasteiger partial charge in [-0.3, -0.25) is 0 Å². The van der Waals surface area contributed by atoms with E-state index in [9.17, 15) is 13.2 Å². The van der Waals surface area contributed by atoms with Gasteiger partial charge in [-0.1, -0.05) is 38.3 Å². The molecule has 2 atom stereocenters. The van der Waals surface area contributed by atoms with E-state index in [-0.39, 0.29) is 22.7 Å². The SMILES string of the molecule is CCC1CCCC(Nc2ccccc2SC(F)(F)F)CC1. The minimum Gasteiger partial charge on any atom is -0.381 e. The summed E-state index contributed by atoms with van der Waals surface area (Å²) in [4.78, 5) is 0.265. The summed E-state index contributed by atoms with van der Waals surface area (Å²) < 4.78 is 37.8. The zero-order valence-corrected chi connectivity index (χ0v) is 13.1. The minimum atomic E-state index is -4.24. The Morgan fingerprint density at radius 1 is 1.14 bits per heavy atom. The molecule has 21 heavy (non-hydrogen) atoms. The Kier molecular flexibility index (Phi) is 5.85. The summed E-state index contributed by atoms with van der Waals surface area (Å²) in [5, 5.41) is 3.34. The third-order valence-corrected chi connectivity index (χ3v) is 4.95. The van der Waals surface area contributed by atoms with Crippen molar-refractivity contribution in [2.75, 3.05) is 5.32 Å². The van der Waals surface area contributed by atoms with Gasteiger partial charge >= 0.3 is 5.51 Å². The summed E-state index contributed by atoms with van der Waals surface area (Å²) in [6, 6.07) is 7.01. The largest absolute Gasteiger partial charge is 0.446 e. The lowest BCUT2D eigenvalue weighted by Crippen LogP contribution is -2.19. The lowest BCUT2D eigenvalue weighted by Gasteiger charge is -2.20. The summed E-state index contributed by atoms with van der Waals surface area (Å²) in [7, 11) is 0. The average molecular weight is 317 g/mol. The number of rotatable bonds is 4. The number of hydrogen-bond acceptors (Lipinski definition) is 2. The minimum absolute atomic E-state index is 0.0363. The van der Waals surface area contributed by atoms with Gasteiger partial charge in [-0.05, 0) is 49.1 Å². The van der Waals surface area contributed by atoms with E-state index in [0.717, 1.165) is 25.2 Å². The first-order chi connectivity index (χ1) is 9.98. The second kappa shape index (κ2) is 7.43. The van der Waals surface area contributed by atoms with Crippen LogP contribution >= 0.6 is 11.8 Å². The topological polar surface area (TPSA) is 12.0 Å². The van der Waals surface area contributed by atoms with Gasteiger partial charge < -0.3 is 5.32 Å². The highest BCUT2D eigenvalue weighted by atomic mass is 32.2. The molecule has 1 aromatic rings. The molecule has 5 heteroatoms. The number of halogens is 3. The van der Waals surface area contributed by atoms with Crippen LogP contribution in [0.15, 0.2) is 29.2 Å². The number of thioether (sulfide) groups is 1. The first kappa shape index (κ1) is 16.5. The molecule has 1 nitrogen and oxygen atoms in total. The van der Waals surface area contributed by atoms with Crippen LogP contribution < -0.4 is 5.32 Å². The van der Waals surface area contributed by atoms with Crippen LogP contribution in [0.25, 0.3) is 0 Å². The maximum Gasteiger partial charge on any atom is 0.446 e. The predicted octanol–water partition coefficient (Wildman–Crippen LogP) is 6.07. The fourth-order valence-corrected chi connectivity index (χ4v) is 3.58. The zero-order valence-electron chi connectivity index (χ0n) is 12.2. The van der Waals surface area contributed by atoms with Gasteiger partial charge in [-0.15, -0.1) is 0 Å². The fourth-order valence-electron chi connectivity index (χ4n) is 2.95. The molecule has 0 heterocycles. The van der Waals surface area contributed by atoms with Crippen molar-refractivity contribution < 1.29 is 13.2 Å². The summed E-state index contributed by atoms with van der Waals surface area (Å²) in [5.41, 5.74) is -3.63. The molecular formula is C16H22F3NS. The first-order valence-electron chi connectivity index (χ1n) is 7.59. The van der Waals surface area contributed by atoms with E-state index in [1.807, 2.05) is 0 Å². The third-order valence-electron chi connectivity index (χ3n) is 4.14. The number of anilines is 1. The lowest BCUT2D eigenvalue weighted by molar-refractivity contribution is -0.0327. The maximum absolute atomic E-state index is 12.6. The molecule has 1 aliphatic rings. The van der Waals surface area contributed by atoms with Crippen LogP contribution in [0.1, 0.15) is 45.4 Å². The zero-order chi connectivity index (χ0) is 15.3. The maximum atomic E-state index is 12.6. The normalized spacial score (nSPS) is 23.6. The monoisotopic (exact) mass is 317 g/mol. The molecule has 0 radical (unpaired) electrons. The molecule has 1 saturated carbocycles. The summed E-state index contributed by atoms with van der Waals surface area (Å²) in [5.74, 6) is 0.775. The highest BCUT2D eigenvalue weighted by molar-refractivity contribution is 8.00. The predicted molar refractivity (Wildman–Crippen MR) is 82.6 cm³/mol. The molecule has 2 unspecified atom stereocenters. The van der Waals surface area contributed by atoms with Crippen molar-refractivity contribution in [1.29, 1.82) is 0 Å². The average Bonchev–Trinajstić information content (AvgIpc) is 2.64. The Morgan fingerprint density at radius 2 is 1.90 bits per heavy atom. The smallest absolute Gasteiger partial charge is 0.381 e. The number of hydrogen-bond donors (Lipinski definition) is 1. The molecule has 1 fully saturated rings. The quantitative estimate of drug-likeness (QED) is 0.534. The molecule has 1 aliphatic carbocycles. The Bertz CT molecular complexity index is 447. The molecule has 0 amide bonds. The molecule has 118 valence electrons. The van der Waals surface area contributed by atoms with Crippen LogP contribution in [0.5, 0.6) is 0 Å². The lowest BCUT2D eigenvalue weighted by atomic mass is 9.98. The second-order valence-corrected chi connectivity index (χ2v) is 6.77. The van der Waals surface area contributed by atoms with Crippen LogP contribution in [-0.2, 0) is 0 Å². The summed E-state index contributed by atoms with van der Waals surface area (Å²) >= 11 is -0.0363. The standard InChI is InChI=1S/C16H22F3NS/c1-2-12-6-5-7-13(11-10-12)20-14-8-3-4-9-15(14)21-16(17,18)19/h3-4,8-9,12-13,20H,2,5-7,10-11H2,1H3. The van der Waals surface area contributed by atoms with E-state index < -0.39 is 5.51 Å². The number of alkyl halides is 3. The highest BCUT2D eigenvalue weighted by Crippen LogP contribution is 2.41. The summed E-state index contributed by atoms with van der Waals surface area (Å²) in [6.07, 6.45) is 6.86. The molecule has 0 bridgehead atoms. The Morgan fingerprint density at radius 3 is 2.62 bits per heavy atom. The van der Waals surface area contributed by atoms with Crippen molar-refractivity contribution in [1.82, 2.24) is 0 Å². The van der Waals surface area contributed by atoms with Crippen molar-refractivity contribution >= 4 is 17.4 Å². The van der Waals surface area contributed by atoms with Gasteiger partial charge in [-0.25, -0.2) is 0 Å². The van der Waals surface area contributed by atoms with Crippen molar-refractivity contribution in [2.45, 2.75) is 61.9 Å². The molecular weight excluding hydrogens is 295 g/mol. The van der Waals surface area contributed by atoms with Crippen molar-refractivity contribution in [3.63, 3.8) is 0 Å². The molecule has 1 N–H and O–H groups in total. The van der Waals surface area contributed by atoms with Crippen LogP contribution in [0.3, 0.4) is 0 Å². The van der Waals surface area contributed by atoms with Crippen LogP contribution in [-0.4, -0.2) is 11.6 Å². The van der Waals surface area contributed by atoms with Crippen molar-refractivity contribution in [2.24, 2.45) is 5.92 Å². The van der Waals surface area contributed by atoms with E-state index in [2.05, 4.69) is 12.2 Å². The van der Waals surface area contributed by atoms with E-state index in [0.29, 0.717) is 5.69 Å². The van der Waals surface area contributed by atoms with Crippen LogP contribution in [0, 0.1) is 5.92 Å². The van der Waals surface area contributed by atoms with E-state index in [1.165, 1.54) is 25.3 Å². The molecule has 0 saturated heterocycles. The highest BCUT2D eigenvalue weighted by Gasteiger charge is 2.30. The van der Waals surface area contributed by atoms with E-state index in [1.54, 1.807) is 18.2 Å². The Labute approximate surface area is 128 Å². The third kappa shape index (κ3) is 5.46. The summed E-state index contributed by atoms with van der Waals surface area (Å²) in [6.45, 7) is 2.22. The van der Waals surface area contributed by atoms with Gasteiger partial charge in [0.2, 0.25) is 0 Å². The van der Waals surface area contributed by atoms with Crippen molar-refractivity contribution in [3.8, 4) is 0 Å². The van der Waals surface area contributed by atoms with Gasteiger partial charge in [0.25, 0.3) is 0 Å². The molecule has 1 aromatic carbocycles. The van der Waals surface area contributed by atoms with Gasteiger partial charge in [0, 0.05) is 16.6 Å². The van der Waals surface area contributed by atoms with Gasteiger partial charge in [0.05, 0.1) is 0 Å². The second-order valence-electron chi connectivity index (χ2n) is 5.67. The Hall–Kier alpha value is -0.840. The molecule has 0 aliphatic heterocycles. The van der Waals surface area contributed by atoms with Crippen molar-refractivity contribution in [3.05, 3.63) is 24.3 Å². The fraction of sp³-hybridized carbons (Fsp3) is 0.625. The first-order valence-corrected chi connectivity index (χ1v) is 8.41. The number of para-hydroxylation sites is 1. The number of benzene rings is 1. The van der Waals surface area contributed by atoms with Gasteiger partial charge in [0.1, 0.15) is 0 Å². The van der Waals surface area contributed by atoms with E-state index >= 15 is 0 Å².